The van der Waals surface area contributed by atoms with Gasteiger partial charge in [0.2, 0.25) is 0 Å². The molecule has 0 N–H and O–H groups in total. The molecule has 1 aromatic heterocycles. The van der Waals surface area contributed by atoms with E-state index in [-0.39, 0.29) is 11.2 Å². The molecular weight excluding hydrogens is 166 g/mol. The zero-order chi connectivity index (χ0) is 10.1. The Balaban J connectivity index is 2.93. The molecule has 0 aliphatic rings. The fourth-order valence-corrected chi connectivity index (χ4v) is 0.927. The fourth-order valence-electron chi connectivity index (χ4n) is 0.927. The van der Waals surface area contributed by atoms with Gasteiger partial charge in [-0.25, -0.2) is 4.98 Å². The number of nitrogens with zero attached hydrogens (tertiary/aromatic N) is 1. The molecule has 0 aliphatic carbocycles. The van der Waals surface area contributed by atoms with Crippen molar-refractivity contribution in [2.75, 3.05) is 0 Å². The van der Waals surface area contributed by atoms with Gasteiger partial charge in [-0.1, -0.05) is 27.7 Å². The first-order valence-electron chi connectivity index (χ1n) is 4.44. The number of carbonyl (C=O) groups is 1. The summed E-state index contributed by atoms with van der Waals surface area (Å²) in [4.78, 5) is 15.4. The number of carbonyl (C=O) groups excluding carboxylic acids is 1. The lowest BCUT2D eigenvalue weighted by Crippen LogP contribution is -2.12. The Hall–Kier alpha value is -1.12. The predicted octanol–water partition coefficient (Wildman–Crippen LogP) is 2.56. The van der Waals surface area contributed by atoms with Crippen LogP contribution in [0.5, 0.6) is 0 Å². The molecule has 72 valence electrons. The maximum absolute atomic E-state index is 11.2. The van der Waals surface area contributed by atoms with Gasteiger partial charge in [0.15, 0.2) is 11.7 Å². The van der Waals surface area contributed by atoms with Crippen LogP contribution in [0.3, 0.4) is 0 Å². The minimum Gasteiger partial charge on any atom is -0.448 e. The summed E-state index contributed by atoms with van der Waals surface area (Å²) in [6.07, 6.45) is 1.91. The van der Waals surface area contributed by atoms with Crippen molar-refractivity contribution in [3.05, 3.63) is 17.8 Å². The minimum atomic E-state index is -0.133. The van der Waals surface area contributed by atoms with E-state index in [1.807, 2.05) is 27.7 Å². The number of Topliss-reactive ketones (excluding diaryl/α,β-unsaturated/α-hetero) is 1. The Bertz CT molecular complexity index is 307. The molecule has 3 nitrogen and oxygen atoms in total. The normalized spacial score (nSPS) is 11.7. The molecule has 0 amide bonds. The number of ketones is 1. The van der Waals surface area contributed by atoms with E-state index < -0.39 is 0 Å². The Morgan fingerprint density at radius 3 is 2.54 bits per heavy atom. The smallest absolute Gasteiger partial charge is 0.200 e. The monoisotopic (exact) mass is 181 g/mol. The summed E-state index contributed by atoms with van der Waals surface area (Å²) in [6.45, 7) is 7.81. The SMILES string of the molecule is CCC(=O)c1coc(C(C)(C)C)n1. The molecule has 0 bridgehead atoms. The molecule has 0 spiro atoms. The molecule has 0 atom stereocenters. The molecule has 0 saturated carbocycles. The summed E-state index contributed by atoms with van der Waals surface area (Å²) in [5.41, 5.74) is 0.305. The van der Waals surface area contributed by atoms with E-state index in [0.717, 1.165) is 0 Å². The lowest BCUT2D eigenvalue weighted by Gasteiger charge is -2.11. The summed E-state index contributed by atoms with van der Waals surface area (Å²) < 4.78 is 5.22. The lowest BCUT2D eigenvalue weighted by molar-refractivity contribution is 0.0983. The number of aromatic nitrogens is 1. The zero-order valence-electron chi connectivity index (χ0n) is 8.55. The Labute approximate surface area is 78.2 Å². The second kappa shape index (κ2) is 3.32. The topological polar surface area (TPSA) is 43.1 Å². The number of hydrogen-bond acceptors (Lipinski definition) is 3. The largest absolute Gasteiger partial charge is 0.448 e. The van der Waals surface area contributed by atoms with Crippen LogP contribution >= 0.6 is 0 Å². The van der Waals surface area contributed by atoms with Crippen LogP contribution in [0.25, 0.3) is 0 Å². The lowest BCUT2D eigenvalue weighted by atomic mass is 9.97. The average molecular weight is 181 g/mol. The van der Waals surface area contributed by atoms with E-state index in [1.165, 1.54) is 6.26 Å². The molecule has 1 rings (SSSR count). The number of oxazole rings is 1. The second-order valence-electron chi connectivity index (χ2n) is 4.06. The molecule has 0 fully saturated rings. The van der Waals surface area contributed by atoms with Crippen molar-refractivity contribution in [3.63, 3.8) is 0 Å². The van der Waals surface area contributed by atoms with Crippen LogP contribution in [0.2, 0.25) is 0 Å². The van der Waals surface area contributed by atoms with E-state index >= 15 is 0 Å². The second-order valence-corrected chi connectivity index (χ2v) is 4.06. The fraction of sp³-hybridized carbons (Fsp3) is 0.600. The van der Waals surface area contributed by atoms with E-state index in [1.54, 1.807) is 0 Å². The van der Waals surface area contributed by atoms with E-state index in [9.17, 15) is 4.79 Å². The van der Waals surface area contributed by atoms with E-state index in [4.69, 9.17) is 4.42 Å². The molecule has 0 unspecified atom stereocenters. The van der Waals surface area contributed by atoms with E-state index in [2.05, 4.69) is 4.98 Å². The highest BCUT2D eigenvalue weighted by atomic mass is 16.3. The van der Waals surface area contributed by atoms with Gasteiger partial charge in [0, 0.05) is 11.8 Å². The third-order valence-corrected chi connectivity index (χ3v) is 1.75. The first-order chi connectivity index (χ1) is 5.95. The maximum Gasteiger partial charge on any atom is 0.200 e. The molecule has 3 heteroatoms. The van der Waals surface area contributed by atoms with Crippen LogP contribution in [0.1, 0.15) is 50.5 Å². The van der Waals surface area contributed by atoms with Crippen LogP contribution in [-0.4, -0.2) is 10.8 Å². The van der Waals surface area contributed by atoms with Gasteiger partial charge in [0.05, 0.1) is 0 Å². The molecule has 1 heterocycles. The first-order valence-corrected chi connectivity index (χ1v) is 4.44. The summed E-state index contributed by atoms with van der Waals surface area (Å²) >= 11 is 0. The van der Waals surface area contributed by atoms with Crippen LogP contribution in [0.4, 0.5) is 0 Å². The van der Waals surface area contributed by atoms with Crippen LogP contribution < -0.4 is 0 Å². The number of hydrogen-bond donors (Lipinski definition) is 0. The Kier molecular flexibility index (Phi) is 2.55. The molecular formula is C10H15NO2. The summed E-state index contributed by atoms with van der Waals surface area (Å²) in [5, 5.41) is 0. The first kappa shape index (κ1) is 9.96. The van der Waals surface area contributed by atoms with Gasteiger partial charge in [-0.2, -0.15) is 0 Å². The van der Waals surface area contributed by atoms with Gasteiger partial charge in [0.25, 0.3) is 0 Å². The maximum atomic E-state index is 11.2. The predicted molar refractivity (Wildman–Crippen MR) is 49.8 cm³/mol. The van der Waals surface area contributed by atoms with Crippen molar-refractivity contribution in [3.8, 4) is 0 Å². The van der Waals surface area contributed by atoms with Gasteiger partial charge < -0.3 is 4.42 Å². The summed E-state index contributed by atoms with van der Waals surface area (Å²) in [7, 11) is 0. The third-order valence-electron chi connectivity index (χ3n) is 1.75. The summed E-state index contributed by atoms with van der Waals surface area (Å²) in [5.74, 6) is 0.642. The van der Waals surface area contributed by atoms with Crippen molar-refractivity contribution < 1.29 is 9.21 Å². The van der Waals surface area contributed by atoms with Gasteiger partial charge in [-0.15, -0.1) is 0 Å². The zero-order valence-corrected chi connectivity index (χ0v) is 8.55. The van der Waals surface area contributed by atoms with E-state index in [0.29, 0.717) is 18.0 Å². The molecule has 1 aromatic rings. The minimum absolute atomic E-state index is 0.0271. The number of rotatable bonds is 2. The van der Waals surface area contributed by atoms with Crippen LogP contribution in [0.15, 0.2) is 10.7 Å². The van der Waals surface area contributed by atoms with Crippen molar-refractivity contribution in [2.24, 2.45) is 0 Å². The molecule has 13 heavy (non-hydrogen) atoms. The van der Waals surface area contributed by atoms with Gasteiger partial charge in [0.1, 0.15) is 12.0 Å². The van der Waals surface area contributed by atoms with Crippen LogP contribution in [0, 0.1) is 0 Å². The molecule has 0 radical (unpaired) electrons. The third kappa shape index (κ3) is 2.17. The molecule has 0 saturated heterocycles. The summed E-state index contributed by atoms with van der Waals surface area (Å²) in [6, 6.07) is 0. The van der Waals surface area contributed by atoms with Crippen LogP contribution in [-0.2, 0) is 5.41 Å². The molecule has 0 aliphatic heterocycles. The van der Waals surface area contributed by atoms with Crippen molar-refractivity contribution in [2.45, 2.75) is 39.5 Å². The Morgan fingerprint density at radius 2 is 2.15 bits per heavy atom. The highest BCUT2D eigenvalue weighted by Crippen LogP contribution is 2.21. The Morgan fingerprint density at radius 1 is 1.54 bits per heavy atom. The molecule has 0 aromatic carbocycles. The highest BCUT2D eigenvalue weighted by Gasteiger charge is 2.21. The average Bonchev–Trinajstić information content (AvgIpc) is 2.50. The quantitative estimate of drug-likeness (QED) is 0.658. The van der Waals surface area contributed by atoms with Gasteiger partial charge in [-0.05, 0) is 0 Å². The standard InChI is InChI=1S/C10H15NO2/c1-5-8(12)7-6-13-9(11-7)10(2,3)4/h6H,5H2,1-4H3. The van der Waals surface area contributed by atoms with Crippen molar-refractivity contribution in [1.29, 1.82) is 0 Å². The van der Waals surface area contributed by atoms with Gasteiger partial charge >= 0.3 is 0 Å². The van der Waals surface area contributed by atoms with Gasteiger partial charge in [-0.3, -0.25) is 4.79 Å². The highest BCUT2D eigenvalue weighted by molar-refractivity contribution is 5.93. The van der Waals surface area contributed by atoms with Crippen molar-refractivity contribution >= 4 is 5.78 Å². The van der Waals surface area contributed by atoms with Crippen molar-refractivity contribution in [1.82, 2.24) is 4.98 Å².